The van der Waals surface area contributed by atoms with E-state index in [9.17, 15) is 18.0 Å². The van der Waals surface area contributed by atoms with E-state index in [1.54, 1.807) is 18.2 Å². The van der Waals surface area contributed by atoms with Gasteiger partial charge in [0.15, 0.2) is 5.82 Å². The van der Waals surface area contributed by atoms with E-state index in [4.69, 9.17) is 5.73 Å². The molecule has 3 N–H and O–H groups in total. The summed E-state index contributed by atoms with van der Waals surface area (Å²) in [6.45, 7) is 3.68. The Morgan fingerprint density at radius 2 is 2.08 bits per heavy atom. The third-order valence-corrected chi connectivity index (χ3v) is 4.48. The highest BCUT2D eigenvalue weighted by Gasteiger charge is 2.41. The van der Waals surface area contributed by atoms with Crippen LogP contribution in [0.5, 0.6) is 0 Å². The molecule has 0 atom stereocenters. The highest BCUT2D eigenvalue weighted by molar-refractivity contribution is 8.06. The fourth-order valence-electron chi connectivity index (χ4n) is 2.24. The van der Waals surface area contributed by atoms with E-state index in [-0.39, 0.29) is 17.3 Å². The van der Waals surface area contributed by atoms with Gasteiger partial charge in [-0.05, 0) is 17.8 Å². The SMILES string of the molecule is C=N/C(NC(=O)Cc1cccc(CN)c1)=C1/SC=C(C(F)(F)F)N1C. The summed E-state index contributed by atoms with van der Waals surface area (Å²) in [4.78, 5) is 16.8. The lowest BCUT2D eigenvalue weighted by Crippen LogP contribution is -2.29. The molecule has 0 radical (unpaired) electrons. The van der Waals surface area contributed by atoms with Crippen molar-refractivity contribution in [2.75, 3.05) is 7.05 Å². The third-order valence-electron chi connectivity index (χ3n) is 3.45. The number of alkyl halides is 3. The number of amides is 1. The number of aliphatic imine (C=N–C) groups is 1. The van der Waals surface area contributed by atoms with Crippen LogP contribution in [0.25, 0.3) is 0 Å². The minimum absolute atomic E-state index is 0.0111. The van der Waals surface area contributed by atoms with E-state index in [0.29, 0.717) is 6.54 Å². The average Bonchev–Trinajstić information content (AvgIpc) is 2.94. The molecule has 1 aromatic carbocycles. The molecule has 1 aliphatic rings. The Morgan fingerprint density at radius 1 is 1.40 bits per heavy atom. The number of rotatable bonds is 5. The Labute approximate surface area is 147 Å². The van der Waals surface area contributed by atoms with Crippen molar-refractivity contribution in [3.8, 4) is 0 Å². The molecule has 1 aromatic rings. The number of thioether (sulfide) groups is 1. The van der Waals surface area contributed by atoms with Crippen LogP contribution in [0.15, 0.2) is 51.2 Å². The van der Waals surface area contributed by atoms with Crippen molar-refractivity contribution >= 4 is 24.4 Å². The van der Waals surface area contributed by atoms with Gasteiger partial charge in [0.25, 0.3) is 0 Å². The molecule has 25 heavy (non-hydrogen) atoms. The van der Waals surface area contributed by atoms with Crippen LogP contribution < -0.4 is 11.1 Å². The van der Waals surface area contributed by atoms with E-state index < -0.39 is 17.8 Å². The Bertz CT molecular complexity index is 743. The second-order valence-corrected chi connectivity index (χ2v) is 6.10. The molecule has 134 valence electrons. The summed E-state index contributed by atoms with van der Waals surface area (Å²) in [5, 5.41) is 3.64. The Kier molecular flexibility index (Phi) is 5.91. The van der Waals surface area contributed by atoms with Crippen LogP contribution in [0.3, 0.4) is 0 Å². The summed E-state index contributed by atoms with van der Waals surface area (Å²) in [6, 6.07) is 7.20. The molecule has 0 unspecified atom stereocenters. The van der Waals surface area contributed by atoms with E-state index >= 15 is 0 Å². The summed E-state index contributed by atoms with van der Waals surface area (Å²) in [5.74, 6) is -0.415. The second kappa shape index (κ2) is 7.75. The summed E-state index contributed by atoms with van der Waals surface area (Å²) >= 11 is 0.831. The molecule has 0 spiro atoms. The molecule has 2 rings (SSSR count). The standard InChI is InChI=1S/C16H17F3N4OS/c1-21-14(15-23(2)12(9-25-15)16(17,18)19)22-13(24)7-10-4-3-5-11(6-10)8-20/h3-6,9H,1,7-8,20H2,2H3,(H,22,24)/b15-14-. The molecule has 0 saturated heterocycles. The molecule has 0 bridgehead atoms. The molecule has 1 aliphatic heterocycles. The van der Waals surface area contributed by atoms with Crippen LogP contribution in [0.4, 0.5) is 13.2 Å². The maximum atomic E-state index is 12.9. The maximum Gasteiger partial charge on any atom is 0.431 e. The van der Waals surface area contributed by atoms with Gasteiger partial charge < -0.3 is 16.0 Å². The molecule has 1 heterocycles. The number of nitrogens with two attached hydrogens (primary N) is 1. The first-order valence-electron chi connectivity index (χ1n) is 7.22. The lowest BCUT2D eigenvalue weighted by atomic mass is 10.1. The smallest absolute Gasteiger partial charge is 0.332 e. The quantitative estimate of drug-likeness (QED) is 0.782. The van der Waals surface area contributed by atoms with Crippen LogP contribution >= 0.6 is 11.8 Å². The number of nitrogens with zero attached hydrogens (tertiary/aromatic N) is 2. The van der Waals surface area contributed by atoms with Gasteiger partial charge >= 0.3 is 6.18 Å². The normalized spacial score (nSPS) is 16.5. The van der Waals surface area contributed by atoms with Crippen molar-refractivity contribution in [2.24, 2.45) is 10.7 Å². The van der Waals surface area contributed by atoms with Crippen molar-refractivity contribution in [3.63, 3.8) is 0 Å². The van der Waals surface area contributed by atoms with E-state index in [0.717, 1.165) is 33.2 Å². The lowest BCUT2D eigenvalue weighted by molar-refractivity contribution is -0.119. The van der Waals surface area contributed by atoms with Gasteiger partial charge in [0.1, 0.15) is 10.7 Å². The van der Waals surface area contributed by atoms with Crippen molar-refractivity contribution in [1.29, 1.82) is 0 Å². The van der Waals surface area contributed by atoms with Gasteiger partial charge in [0, 0.05) is 19.0 Å². The highest BCUT2D eigenvalue weighted by atomic mass is 32.2. The molecule has 0 saturated carbocycles. The Hall–Kier alpha value is -2.26. The zero-order chi connectivity index (χ0) is 18.6. The number of carbonyl (C=O) groups excluding carboxylic acids is 1. The highest BCUT2D eigenvalue weighted by Crippen LogP contribution is 2.42. The number of hydrogen-bond donors (Lipinski definition) is 2. The Morgan fingerprint density at radius 3 is 2.64 bits per heavy atom. The largest absolute Gasteiger partial charge is 0.431 e. The number of nitrogens with one attached hydrogen (secondary N) is 1. The first-order chi connectivity index (χ1) is 11.8. The van der Waals surface area contributed by atoms with Gasteiger partial charge in [-0.25, -0.2) is 4.99 Å². The zero-order valence-corrected chi connectivity index (χ0v) is 14.2. The van der Waals surface area contributed by atoms with Crippen molar-refractivity contribution in [2.45, 2.75) is 19.1 Å². The predicted molar refractivity (Wildman–Crippen MR) is 92.2 cm³/mol. The van der Waals surface area contributed by atoms with Crippen molar-refractivity contribution in [3.05, 3.63) is 57.3 Å². The summed E-state index contributed by atoms with van der Waals surface area (Å²) < 4.78 is 38.7. The molecule has 5 nitrogen and oxygen atoms in total. The van der Waals surface area contributed by atoms with Crippen LogP contribution in [-0.2, 0) is 17.8 Å². The Balaban J connectivity index is 2.12. The average molecular weight is 370 g/mol. The van der Waals surface area contributed by atoms with Crippen LogP contribution in [0.2, 0.25) is 0 Å². The molecular formula is C16H17F3N4OS. The lowest BCUT2D eigenvalue weighted by Gasteiger charge is -2.21. The molecule has 0 aromatic heterocycles. The zero-order valence-electron chi connectivity index (χ0n) is 13.4. The fourth-order valence-corrected chi connectivity index (χ4v) is 3.24. The summed E-state index contributed by atoms with van der Waals surface area (Å²) in [6.07, 6.45) is -4.43. The minimum atomic E-state index is -4.48. The molecule has 1 amide bonds. The topological polar surface area (TPSA) is 70.7 Å². The minimum Gasteiger partial charge on any atom is -0.332 e. The monoisotopic (exact) mass is 370 g/mol. The molecule has 9 heteroatoms. The fraction of sp³-hybridized carbons (Fsp3) is 0.250. The summed E-state index contributed by atoms with van der Waals surface area (Å²) in [7, 11) is 1.26. The van der Waals surface area contributed by atoms with Crippen LogP contribution in [0.1, 0.15) is 11.1 Å². The van der Waals surface area contributed by atoms with Crippen molar-refractivity contribution in [1.82, 2.24) is 10.2 Å². The van der Waals surface area contributed by atoms with Gasteiger partial charge in [-0.3, -0.25) is 4.79 Å². The van der Waals surface area contributed by atoms with Crippen LogP contribution in [0, 0.1) is 0 Å². The van der Waals surface area contributed by atoms with Gasteiger partial charge in [-0.1, -0.05) is 36.0 Å². The number of allylic oxidation sites excluding steroid dienone is 1. The van der Waals surface area contributed by atoms with E-state index in [1.165, 1.54) is 7.05 Å². The first kappa shape index (κ1) is 19.1. The first-order valence-corrected chi connectivity index (χ1v) is 8.10. The van der Waals surface area contributed by atoms with E-state index in [1.807, 2.05) is 6.07 Å². The van der Waals surface area contributed by atoms with Gasteiger partial charge in [0.05, 0.1) is 6.42 Å². The molecule has 0 aliphatic carbocycles. The van der Waals surface area contributed by atoms with Gasteiger partial charge in [-0.15, -0.1) is 0 Å². The van der Waals surface area contributed by atoms with Gasteiger partial charge in [-0.2, -0.15) is 13.2 Å². The number of hydrogen-bond acceptors (Lipinski definition) is 5. The van der Waals surface area contributed by atoms with Crippen LogP contribution in [-0.4, -0.2) is 30.7 Å². The molecular weight excluding hydrogens is 353 g/mol. The molecule has 0 fully saturated rings. The summed E-state index contributed by atoms with van der Waals surface area (Å²) in [5.41, 5.74) is 6.37. The number of halogens is 3. The van der Waals surface area contributed by atoms with Crippen molar-refractivity contribution < 1.29 is 18.0 Å². The number of carbonyl (C=O) groups is 1. The van der Waals surface area contributed by atoms with E-state index in [2.05, 4.69) is 17.0 Å². The predicted octanol–water partition coefficient (Wildman–Crippen LogP) is 2.71. The second-order valence-electron chi connectivity index (χ2n) is 5.24. The van der Waals surface area contributed by atoms with Gasteiger partial charge in [0.2, 0.25) is 5.91 Å². The third kappa shape index (κ3) is 4.64. The number of benzene rings is 1. The maximum absolute atomic E-state index is 12.9.